The largest absolute Gasteiger partial charge is 0.483 e. The van der Waals surface area contributed by atoms with Crippen molar-refractivity contribution in [2.75, 3.05) is 58.9 Å². The van der Waals surface area contributed by atoms with Gasteiger partial charge in [-0.2, -0.15) is 0 Å². The summed E-state index contributed by atoms with van der Waals surface area (Å²) in [5, 5.41) is 28.0. The molecule has 13 nitrogen and oxygen atoms in total. The lowest BCUT2D eigenvalue weighted by Gasteiger charge is -2.25. The van der Waals surface area contributed by atoms with Gasteiger partial charge in [0.1, 0.15) is 0 Å². The molecular formula is C26H43N5O8. The molecular weight excluding hydrogens is 510 g/mol. The highest BCUT2D eigenvalue weighted by Gasteiger charge is 2.19. The van der Waals surface area contributed by atoms with Gasteiger partial charge in [0, 0.05) is 58.8 Å². The average molecular weight is 554 g/mol. The van der Waals surface area contributed by atoms with Gasteiger partial charge in [0.15, 0.2) is 0 Å². The molecule has 0 bridgehead atoms. The van der Waals surface area contributed by atoms with Crippen molar-refractivity contribution in [1.29, 1.82) is 0 Å². The third-order valence-electron chi connectivity index (χ3n) is 5.63. The van der Waals surface area contributed by atoms with Gasteiger partial charge in [-0.3, -0.25) is 38.7 Å². The van der Waals surface area contributed by atoms with Crippen molar-refractivity contribution in [1.82, 2.24) is 20.0 Å². The second-order valence-corrected chi connectivity index (χ2v) is 8.63. The fourth-order valence-corrected chi connectivity index (χ4v) is 3.80. The van der Waals surface area contributed by atoms with Crippen LogP contribution >= 0.6 is 0 Å². The van der Waals surface area contributed by atoms with Crippen LogP contribution in [0, 0.1) is 0 Å². The highest BCUT2D eigenvalue weighted by Crippen LogP contribution is 2.10. The van der Waals surface area contributed by atoms with Crippen LogP contribution in [0.4, 0.5) is 0 Å². The van der Waals surface area contributed by atoms with Crippen LogP contribution in [-0.2, 0) is 36.9 Å². The predicted octanol–water partition coefficient (Wildman–Crippen LogP) is -0.0734. The number of carboxylic acid groups (broad SMARTS) is 3. The number of carbonyl (C=O) groups excluding carboxylic acids is 2. The van der Waals surface area contributed by atoms with E-state index in [9.17, 15) is 29.4 Å². The first-order chi connectivity index (χ1) is 18.6. The van der Waals surface area contributed by atoms with Crippen LogP contribution in [0.15, 0.2) is 24.3 Å². The van der Waals surface area contributed by atoms with Crippen molar-refractivity contribution in [2.45, 2.75) is 39.7 Å². The quantitative estimate of drug-likeness (QED) is 0.172. The van der Waals surface area contributed by atoms with E-state index in [1.54, 1.807) is 0 Å². The summed E-state index contributed by atoms with van der Waals surface area (Å²) < 4.78 is 0. The molecule has 1 aromatic carbocycles. The fraction of sp³-hybridized carbons (Fsp3) is 0.577. The molecule has 13 heteroatoms. The molecule has 0 aliphatic carbocycles. The van der Waals surface area contributed by atoms with Crippen LogP contribution in [0.3, 0.4) is 0 Å². The van der Waals surface area contributed by atoms with E-state index in [1.807, 2.05) is 47.9 Å². The standard InChI is InChI=1S/C23H35N5O6.C2H6.CH2O2/c24-20(29)2-1-7-25-21(30)14-18-3-5-19(6-4-18)15-26-8-10-27(16-22(31)32)12-13-28(11-9-26)17-23(33)34;1-2;2-1-3/h3-6H,1-2,7-17H2,(H2,24,29)(H,25,30)(H,31,32)(H,33,34);1-2H3;1H,(H,2,3). The van der Waals surface area contributed by atoms with E-state index in [2.05, 4.69) is 10.2 Å². The molecule has 220 valence electrons. The summed E-state index contributed by atoms with van der Waals surface area (Å²) in [4.78, 5) is 59.4. The minimum Gasteiger partial charge on any atom is -0.483 e. The van der Waals surface area contributed by atoms with Crippen molar-refractivity contribution in [3.05, 3.63) is 35.4 Å². The number of nitrogens with zero attached hydrogens (tertiary/aromatic N) is 3. The summed E-state index contributed by atoms with van der Waals surface area (Å²) in [7, 11) is 0. The zero-order valence-corrected chi connectivity index (χ0v) is 22.9. The molecule has 0 spiro atoms. The molecule has 0 aromatic heterocycles. The molecule has 1 aliphatic rings. The zero-order valence-electron chi connectivity index (χ0n) is 22.9. The van der Waals surface area contributed by atoms with Crippen LogP contribution < -0.4 is 11.1 Å². The van der Waals surface area contributed by atoms with Gasteiger partial charge >= 0.3 is 11.9 Å². The molecule has 0 unspecified atom stereocenters. The molecule has 6 N–H and O–H groups in total. The first kappa shape index (κ1) is 35.5. The van der Waals surface area contributed by atoms with Crippen LogP contribution in [0.25, 0.3) is 0 Å². The van der Waals surface area contributed by atoms with Gasteiger partial charge in [0.05, 0.1) is 19.5 Å². The van der Waals surface area contributed by atoms with Crippen LogP contribution in [-0.4, -0.2) is 119 Å². The summed E-state index contributed by atoms with van der Waals surface area (Å²) >= 11 is 0. The number of nitrogens with two attached hydrogens (primary N) is 1. The summed E-state index contributed by atoms with van der Waals surface area (Å²) in [6, 6.07) is 7.74. The first-order valence-electron chi connectivity index (χ1n) is 12.9. The van der Waals surface area contributed by atoms with Crippen molar-refractivity contribution in [3.63, 3.8) is 0 Å². The van der Waals surface area contributed by atoms with Crippen molar-refractivity contribution in [3.8, 4) is 0 Å². The molecule has 0 radical (unpaired) electrons. The fourth-order valence-electron chi connectivity index (χ4n) is 3.80. The summed E-state index contributed by atoms with van der Waals surface area (Å²) in [5.41, 5.74) is 7.01. The smallest absolute Gasteiger partial charge is 0.317 e. The number of carboxylic acids is 2. The highest BCUT2D eigenvalue weighted by atomic mass is 16.4. The number of nitrogens with one attached hydrogen (secondary N) is 1. The Labute approximate surface area is 229 Å². The molecule has 0 saturated carbocycles. The molecule has 1 saturated heterocycles. The maximum Gasteiger partial charge on any atom is 0.317 e. The molecule has 2 amide bonds. The van der Waals surface area contributed by atoms with Crippen LogP contribution in [0.2, 0.25) is 0 Å². The number of hydrogen-bond donors (Lipinski definition) is 5. The normalized spacial score (nSPS) is 14.6. The summed E-state index contributed by atoms with van der Waals surface area (Å²) in [5.74, 6) is -2.30. The minimum atomic E-state index is -0.900. The number of primary amides is 1. The van der Waals surface area contributed by atoms with E-state index in [0.717, 1.165) is 11.1 Å². The first-order valence-corrected chi connectivity index (χ1v) is 12.9. The van der Waals surface area contributed by atoms with Gasteiger partial charge in [-0.15, -0.1) is 0 Å². The highest BCUT2D eigenvalue weighted by molar-refractivity contribution is 5.78. The number of aliphatic carboxylic acids is 2. The monoisotopic (exact) mass is 553 g/mol. The van der Waals surface area contributed by atoms with E-state index >= 15 is 0 Å². The maximum atomic E-state index is 12.0. The molecule has 1 fully saturated rings. The Morgan fingerprint density at radius 1 is 0.846 bits per heavy atom. The van der Waals surface area contributed by atoms with Gasteiger partial charge in [-0.25, -0.2) is 0 Å². The second kappa shape index (κ2) is 21.4. The number of hydrogen-bond acceptors (Lipinski definition) is 8. The maximum absolute atomic E-state index is 12.0. The van der Waals surface area contributed by atoms with Crippen molar-refractivity contribution < 1.29 is 39.3 Å². The van der Waals surface area contributed by atoms with Crippen molar-refractivity contribution >= 4 is 30.2 Å². The Morgan fingerprint density at radius 2 is 1.26 bits per heavy atom. The van der Waals surface area contributed by atoms with E-state index in [4.69, 9.17) is 15.6 Å². The average Bonchev–Trinajstić information content (AvgIpc) is 2.96. The summed E-state index contributed by atoms with van der Waals surface area (Å²) in [6.07, 6.45) is 1.01. The number of carbonyl (C=O) groups is 5. The van der Waals surface area contributed by atoms with Gasteiger partial charge in [-0.1, -0.05) is 38.1 Å². The second-order valence-electron chi connectivity index (χ2n) is 8.63. The predicted molar refractivity (Wildman–Crippen MR) is 145 cm³/mol. The lowest BCUT2D eigenvalue weighted by Crippen LogP contribution is -2.40. The Kier molecular flexibility index (Phi) is 19.4. The van der Waals surface area contributed by atoms with Crippen molar-refractivity contribution in [2.24, 2.45) is 5.73 Å². The third-order valence-corrected chi connectivity index (χ3v) is 5.63. The molecule has 2 rings (SSSR count). The van der Waals surface area contributed by atoms with Gasteiger partial charge in [-0.05, 0) is 17.5 Å². The van der Waals surface area contributed by atoms with E-state index in [-0.39, 0.29) is 44.2 Å². The summed E-state index contributed by atoms with van der Waals surface area (Å²) in [6.45, 7) is 8.17. The lowest BCUT2D eigenvalue weighted by atomic mass is 10.1. The topological polar surface area (TPSA) is 194 Å². The van der Waals surface area contributed by atoms with Crippen LogP contribution in [0.1, 0.15) is 37.8 Å². The number of benzene rings is 1. The number of amides is 2. The Hall–Kier alpha value is -3.55. The molecule has 1 aromatic rings. The molecule has 0 atom stereocenters. The Morgan fingerprint density at radius 3 is 1.67 bits per heavy atom. The molecule has 1 heterocycles. The lowest BCUT2D eigenvalue weighted by molar-refractivity contribution is -0.140. The van der Waals surface area contributed by atoms with Gasteiger partial charge < -0.3 is 26.4 Å². The minimum absolute atomic E-state index is 0.0754. The van der Waals surface area contributed by atoms with E-state index in [1.165, 1.54) is 0 Å². The van der Waals surface area contributed by atoms with E-state index in [0.29, 0.717) is 58.8 Å². The van der Waals surface area contributed by atoms with Crippen LogP contribution in [0.5, 0.6) is 0 Å². The molecule has 1 aliphatic heterocycles. The Balaban J connectivity index is 0.00000269. The number of rotatable bonds is 12. The SMILES string of the molecule is CC.NC(=O)CCCNC(=O)Cc1ccc(CN2CCN(CC(=O)O)CCN(CC(=O)O)CC2)cc1.O=CO. The Bertz CT molecular complexity index is 854. The van der Waals surface area contributed by atoms with E-state index < -0.39 is 11.9 Å². The van der Waals surface area contributed by atoms with Gasteiger partial charge in [0.25, 0.3) is 6.47 Å². The zero-order chi connectivity index (χ0) is 29.6. The third kappa shape index (κ3) is 18.4. The molecule has 39 heavy (non-hydrogen) atoms. The van der Waals surface area contributed by atoms with Gasteiger partial charge in [0.2, 0.25) is 11.8 Å².